The molecule has 1 aromatic heterocycles. The van der Waals surface area contributed by atoms with Crippen molar-refractivity contribution in [1.29, 1.82) is 0 Å². The van der Waals surface area contributed by atoms with Crippen LogP contribution in [0.2, 0.25) is 0 Å². The van der Waals surface area contributed by atoms with E-state index in [1.165, 1.54) is 6.92 Å². The van der Waals surface area contributed by atoms with Crippen molar-refractivity contribution in [3.63, 3.8) is 0 Å². The van der Waals surface area contributed by atoms with Gasteiger partial charge in [0.2, 0.25) is 11.8 Å². The van der Waals surface area contributed by atoms with Crippen molar-refractivity contribution in [2.75, 3.05) is 49.5 Å². The number of phenolic OH excluding ortho intramolecular Hbond substituents is 1. The Labute approximate surface area is 211 Å². The zero-order chi connectivity index (χ0) is 25.3. The second-order valence-electron chi connectivity index (χ2n) is 8.75. The first-order valence-corrected chi connectivity index (χ1v) is 12.2. The Morgan fingerprint density at radius 2 is 1.67 bits per heavy atom. The smallest absolute Gasteiger partial charge is 0.223 e. The number of amides is 2. The number of carbonyl (C=O) groups excluding carboxylic acids is 2. The molecule has 1 aliphatic heterocycles. The van der Waals surface area contributed by atoms with Crippen molar-refractivity contribution in [2.45, 2.75) is 19.8 Å². The fourth-order valence-corrected chi connectivity index (χ4v) is 4.09. The van der Waals surface area contributed by atoms with E-state index in [0.29, 0.717) is 63.8 Å². The van der Waals surface area contributed by atoms with Crippen LogP contribution in [-0.4, -0.2) is 71.1 Å². The van der Waals surface area contributed by atoms with Gasteiger partial charge in [-0.15, -0.1) is 0 Å². The van der Waals surface area contributed by atoms with Gasteiger partial charge in [0.1, 0.15) is 17.4 Å². The van der Waals surface area contributed by atoms with Crippen molar-refractivity contribution in [3.8, 4) is 17.1 Å². The minimum atomic E-state index is -0.0689. The third kappa shape index (κ3) is 6.94. The van der Waals surface area contributed by atoms with E-state index in [1.807, 2.05) is 53.4 Å². The summed E-state index contributed by atoms with van der Waals surface area (Å²) in [7, 11) is 0. The number of hydrogen-bond donors (Lipinski definition) is 3. The van der Waals surface area contributed by atoms with E-state index < -0.39 is 0 Å². The third-order valence-corrected chi connectivity index (χ3v) is 6.07. The number of nitrogens with zero attached hydrogens (tertiary/aromatic N) is 4. The van der Waals surface area contributed by atoms with Crippen LogP contribution < -0.4 is 15.5 Å². The number of nitrogens with one attached hydrogen (secondary N) is 2. The van der Waals surface area contributed by atoms with Crippen LogP contribution >= 0.6 is 0 Å². The molecule has 1 fully saturated rings. The Balaban J connectivity index is 1.39. The average molecular weight is 489 g/mol. The SMILES string of the molecule is CC(=O)NCCNc1cc(N2CCN(C(=O)CCc3ccc(O)cc3)CC2)nc(-c2ccccc2)n1. The van der Waals surface area contributed by atoms with E-state index in [9.17, 15) is 14.7 Å². The molecule has 1 aliphatic rings. The van der Waals surface area contributed by atoms with Crippen molar-refractivity contribution < 1.29 is 14.7 Å². The summed E-state index contributed by atoms with van der Waals surface area (Å²) in [6, 6.07) is 18.7. The number of phenols is 1. The Bertz CT molecular complexity index is 1160. The number of carbonyl (C=O) groups is 2. The van der Waals surface area contributed by atoms with Gasteiger partial charge in [-0.3, -0.25) is 9.59 Å². The predicted octanol–water partition coefficient (Wildman–Crippen LogP) is 2.68. The van der Waals surface area contributed by atoms with Gasteiger partial charge in [0.15, 0.2) is 5.82 Å². The molecule has 3 N–H and O–H groups in total. The van der Waals surface area contributed by atoms with E-state index in [2.05, 4.69) is 20.5 Å². The first kappa shape index (κ1) is 25.0. The van der Waals surface area contributed by atoms with Gasteiger partial charge in [-0.2, -0.15) is 0 Å². The maximum atomic E-state index is 12.8. The number of piperazine rings is 1. The number of benzene rings is 2. The van der Waals surface area contributed by atoms with E-state index in [4.69, 9.17) is 4.98 Å². The molecular formula is C27H32N6O3. The van der Waals surface area contributed by atoms with Crippen LogP contribution in [0, 0.1) is 0 Å². The number of hydrogen-bond acceptors (Lipinski definition) is 7. The van der Waals surface area contributed by atoms with Gasteiger partial charge in [0.05, 0.1) is 0 Å². The van der Waals surface area contributed by atoms with Crippen LogP contribution in [0.4, 0.5) is 11.6 Å². The number of aromatic hydroxyl groups is 1. The Kier molecular flexibility index (Phi) is 8.33. The maximum absolute atomic E-state index is 12.8. The molecule has 188 valence electrons. The van der Waals surface area contributed by atoms with Crippen molar-refractivity contribution in [2.24, 2.45) is 0 Å². The molecule has 2 aromatic carbocycles. The van der Waals surface area contributed by atoms with Gasteiger partial charge in [-0.05, 0) is 24.1 Å². The second kappa shape index (κ2) is 12.0. The van der Waals surface area contributed by atoms with Gasteiger partial charge < -0.3 is 25.5 Å². The maximum Gasteiger partial charge on any atom is 0.223 e. The molecule has 0 bridgehead atoms. The molecule has 4 rings (SSSR count). The van der Waals surface area contributed by atoms with Crippen molar-refractivity contribution in [3.05, 3.63) is 66.2 Å². The topological polar surface area (TPSA) is 111 Å². The molecule has 9 nitrogen and oxygen atoms in total. The lowest BCUT2D eigenvalue weighted by molar-refractivity contribution is -0.131. The largest absolute Gasteiger partial charge is 0.508 e. The highest BCUT2D eigenvalue weighted by molar-refractivity contribution is 5.77. The summed E-state index contributed by atoms with van der Waals surface area (Å²) in [4.78, 5) is 37.5. The summed E-state index contributed by atoms with van der Waals surface area (Å²) in [6.07, 6.45) is 1.10. The first-order chi connectivity index (χ1) is 17.5. The van der Waals surface area contributed by atoms with E-state index >= 15 is 0 Å². The van der Waals surface area contributed by atoms with Crippen molar-refractivity contribution in [1.82, 2.24) is 20.2 Å². The lowest BCUT2D eigenvalue weighted by Crippen LogP contribution is -2.49. The minimum absolute atomic E-state index is 0.0689. The monoisotopic (exact) mass is 488 g/mol. The Morgan fingerprint density at radius 1 is 0.944 bits per heavy atom. The normalized spacial score (nSPS) is 13.4. The van der Waals surface area contributed by atoms with E-state index in [0.717, 1.165) is 16.9 Å². The summed E-state index contributed by atoms with van der Waals surface area (Å²) in [5, 5.41) is 15.5. The molecule has 3 aromatic rings. The summed E-state index contributed by atoms with van der Waals surface area (Å²) in [5.74, 6) is 2.42. The van der Waals surface area contributed by atoms with E-state index in [1.54, 1.807) is 12.1 Å². The number of aryl methyl sites for hydroxylation is 1. The zero-order valence-electron chi connectivity index (χ0n) is 20.5. The number of aromatic nitrogens is 2. The van der Waals surface area contributed by atoms with Crippen molar-refractivity contribution >= 4 is 23.5 Å². The molecule has 0 aliphatic carbocycles. The third-order valence-electron chi connectivity index (χ3n) is 6.07. The van der Waals surface area contributed by atoms with Crippen LogP contribution in [0.1, 0.15) is 18.9 Å². The highest BCUT2D eigenvalue weighted by Gasteiger charge is 2.23. The molecule has 2 amide bonds. The first-order valence-electron chi connectivity index (χ1n) is 12.2. The predicted molar refractivity (Wildman–Crippen MR) is 140 cm³/mol. The summed E-state index contributed by atoms with van der Waals surface area (Å²) in [6.45, 7) is 5.17. The number of rotatable bonds is 9. The van der Waals surface area contributed by atoms with Crippen LogP contribution in [0.25, 0.3) is 11.4 Å². The van der Waals surface area contributed by atoms with Gasteiger partial charge >= 0.3 is 0 Å². The Hall–Kier alpha value is -4.14. The highest BCUT2D eigenvalue weighted by atomic mass is 16.3. The second-order valence-corrected chi connectivity index (χ2v) is 8.75. The molecular weight excluding hydrogens is 456 g/mol. The molecule has 36 heavy (non-hydrogen) atoms. The summed E-state index contributed by atoms with van der Waals surface area (Å²) >= 11 is 0. The fraction of sp³-hybridized carbons (Fsp3) is 0.333. The number of anilines is 2. The molecule has 9 heteroatoms. The van der Waals surface area contributed by atoms with Gasteiger partial charge in [0, 0.05) is 64.2 Å². The molecule has 0 atom stereocenters. The lowest BCUT2D eigenvalue weighted by atomic mass is 10.1. The van der Waals surface area contributed by atoms with Gasteiger partial charge in [-0.25, -0.2) is 9.97 Å². The van der Waals surface area contributed by atoms with E-state index in [-0.39, 0.29) is 17.6 Å². The van der Waals surface area contributed by atoms with Crippen LogP contribution in [-0.2, 0) is 16.0 Å². The lowest BCUT2D eigenvalue weighted by Gasteiger charge is -2.35. The highest BCUT2D eigenvalue weighted by Crippen LogP contribution is 2.23. The molecule has 0 saturated carbocycles. The molecule has 2 heterocycles. The van der Waals surface area contributed by atoms with Gasteiger partial charge in [-0.1, -0.05) is 42.5 Å². The zero-order valence-corrected chi connectivity index (χ0v) is 20.5. The van der Waals surface area contributed by atoms with Crippen LogP contribution in [0.15, 0.2) is 60.7 Å². The minimum Gasteiger partial charge on any atom is -0.508 e. The molecule has 1 saturated heterocycles. The van der Waals surface area contributed by atoms with Crippen LogP contribution in [0.5, 0.6) is 5.75 Å². The molecule has 0 unspecified atom stereocenters. The summed E-state index contributed by atoms with van der Waals surface area (Å²) in [5.41, 5.74) is 1.96. The standard InChI is InChI=1S/C27H32N6O3/c1-20(34)28-13-14-29-24-19-25(31-27(30-24)22-5-3-2-4-6-22)32-15-17-33(18-16-32)26(36)12-9-21-7-10-23(35)11-8-21/h2-8,10-11,19,35H,9,12-18H2,1H3,(H,28,34)(H,29,30,31). The molecule has 0 spiro atoms. The fourth-order valence-electron chi connectivity index (χ4n) is 4.09. The average Bonchev–Trinajstić information content (AvgIpc) is 2.91. The Morgan fingerprint density at radius 3 is 2.36 bits per heavy atom. The van der Waals surface area contributed by atoms with Crippen LogP contribution in [0.3, 0.4) is 0 Å². The summed E-state index contributed by atoms with van der Waals surface area (Å²) < 4.78 is 0. The van der Waals surface area contributed by atoms with Gasteiger partial charge in [0.25, 0.3) is 0 Å². The quantitative estimate of drug-likeness (QED) is 0.397. The molecule has 0 radical (unpaired) electrons.